The minimum absolute atomic E-state index is 0.192. The third-order valence-corrected chi connectivity index (χ3v) is 5.36. The Morgan fingerprint density at radius 1 is 0.967 bits per heavy atom. The maximum absolute atomic E-state index is 14.4. The number of rotatable bonds is 6. The lowest BCUT2D eigenvalue weighted by Crippen LogP contribution is -2.40. The Labute approximate surface area is 174 Å². The lowest BCUT2D eigenvalue weighted by atomic mass is 9.78. The fraction of sp³-hybridized carbons (Fsp3) is 0.348. The molecule has 1 atom stereocenters. The smallest absolute Gasteiger partial charge is 0.317 e. The quantitative estimate of drug-likeness (QED) is 0.698. The van der Waals surface area contributed by atoms with Crippen LogP contribution in [0.5, 0.6) is 0 Å². The van der Waals surface area contributed by atoms with Crippen LogP contribution in [0.2, 0.25) is 0 Å². The predicted octanol–water partition coefficient (Wildman–Crippen LogP) is 4.17. The van der Waals surface area contributed by atoms with Crippen molar-refractivity contribution in [3.63, 3.8) is 0 Å². The molecule has 0 aliphatic heterocycles. The second kappa shape index (κ2) is 9.07. The molecule has 1 aliphatic rings. The topological polar surface area (TPSA) is 84.5 Å². The summed E-state index contributed by atoms with van der Waals surface area (Å²) in [5.74, 6) is -1.69. The Morgan fingerprint density at radius 3 is 2.10 bits per heavy atom. The summed E-state index contributed by atoms with van der Waals surface area (Å²) in [4.78, 5) is 36.6. The summed E-state index contributed by atoms with van der Waals surface area (Å²) in [6.07, 6.45) is 1.53. The standard InChI is InChI=1S/C23H25FN2O4/c1-15(21(28)26-18-11-9-17(10-12-18)25-16(2)27)30-22(29)23(13-5-6-14-23)19-7-3-4-8-20(19)24/h3-4,7-12,15H,5-6,13-14H2,1-2H3,(H,25,27)(H,26,28)/t15-/m1/s1. The Kier molecular flexibility index (Phi) is 6.50. The summed E-state index contributed by atoms with van der Waals surface area (Å²) in [5, 5.41) is 5.32. The molecule has 0 saturated heterocycles. The number of carbonyl (C=O) groups is 3. The van der Waals surface area contributed by atoms with Crippen molar-refractivity contribution in [3.8, 4) is 0 Å². The van der Waals surface area contributed by atoms with Gasteiger partial charge in [-0.25, -0.2) is 4.39 Å². The Morgan fingerprint density at radius 2 is 1.53 bits per heavy atom. The van der Waals surface area contributed by atoms with Crippen molar-refractivity contribution in [1.82, 2.24) is 0 Å². The molecule has 2 aromatic carbocycles. The number of anilines is 2. The van der Waals surface area contributed by atoms with E-state index >= 15 is 0 Å². The number of carbonyl (C=O) groups excluding carboxylic acids is 3. The average molecular weight is 412 g/mol. The van der Waals surface area contributed by atoms with E-state index in [1.807, 2.05) is 0 Å². The molecule has 30 heavy (non-hydrogen) atoms. The summed E-state index contributed by atoms with van der Waals surface area (Å²) >= 11 is 0. The molecular formula is C23H25FN2O4. The van der Waals surface area contributed by atoms with Gasteiger partial charge in [-0.2, -0.15) is 0 Å². The lowest BCUT2D eigenvalue weighted by molar-refractivity contribution is -0.159. The molecule has 1 fully saturated rings. The first-order chi connectivity index (χ1) is 14.3. The largest absolute Gasteiger partial charge is 0.452 e. The van der Waals surface area contributed by atoms with E-state index in [1.54, 1.807) is 42.5 Å². The second-order valence-electron chi connectivity index (χ2n) is 7.56. The molecule has 6 nitrogen and oxygen atoms in total. The van der Waals surface area contributed by atoms with E-state index in [4.69, 9.17) is 4.74 Å². The van der Waals surface area contributed by atoms with Gasteiger partial charge in [0.15, 0.2) is 6.10 Å². The van der Waals surface area contributed by atoms with Gasteiger partial charge in [-0.15, -0.1) is 0 Å². The van der Waals surface area contributed by atoms with Crippen LogP contribution in [0.4, 0.5) is 15.8 Å². The first-order valence-corrected chi connectivity index (χ1v) is 9.96. The molecule has 3 rings (SSSR count). The van der Waals surface area contributed by atoms with Crippen LogP contribution < -0.4 is 10.6 Å². The zero-order chi connectivity index (χ0) is 21.7. The molecule has 1 aliphatic carbocycles. The SMILES string of the molecule is CC(=O)Nc1ccc(NC(=O)[C@@H](C)OC(=O)C2(c3ccccc3F)CCCC2)cc1. The molecule has 7 heteroatoms. The van der Waals surface area contributed by atoms with Crippen molar-refractivity contribution < 1.29 is 23.5 Å². The van der Waals surface area contributed by atoms with Crippen LogP contribution in [0, 0.1) is 5.82 Å². The highest BCUT2D eigenvalue weighted by atomic mass is 19.1. The molecule has 2 aromatic rings. The third kappa shape index (κ3) is 4.67. The number of amides is 2. The summed E-state index contributed by atoms with van der Waals surface area (Å²) in [6.45, 7) is 2.90. The number of esters is 1. The fourth-order valence-electron chi connectivity index (χ4n) is 3.82. The molecule has 0 spiro atoms. The maximum atomic E-state index is 14.4. The van der Waals surface area contributed by atoms with Crippen molar-refractivity contribution in [2.75, 3.05) is 10.6 Å². The zero-order valence-electron chi connectivity index (χ0n) is 17.0. The molecule has 2 N–H and O–H groups in total. The highest BCUT2D eigenvalue weighted by Gasteiger charge is 2.46. The van der Waals surface area contributed by atoms with Gasteiger partial charge in [-0.1, -0.05) is 31.0 Å². The fourth-order valence-corrected chi connectivity index (χ4v) is 3.82. The molecule has 1 saturated carbocycles. The van der Waals surface area contributed by atoms with Gasteiger partial charge < -0.3 is 15.4 Å². The molecule has 0 heterocycles. The van der Waals surface area contributed by atoms with Crippen molar-refractivity contribution in [2.45, 2.75) is 51.0 Å². The van der Waals surface area contributed by atoms with E-state index in [9.17, 15) is 18.8 Å². The van der Waals surface area contributed by atoms with E-state index in [1.165, 1.54) is 19.9 Å². The van der Waals surface area contributed by atoms with E-state index < -0.39 is 29.2 Å². The molecule has 2 amide bonds. The third-order valence-electron chi connectivity index (χ3n) is 5.36. The number of ether oxygens (including phenoxy) is 1. The number of hydrogen-bond donors (Lipinski definition) is 2. The van der Waals surface area contributed by atoms with Gasteiger partial charge in [-0.3, -0.25) is 14.4 Å². The first kappa shape index (κ1) is 21.5. The summed E-state index contributed by atoms with van der Waals surface area (Å²) in [7, 11) is 0. The zero-order valence-corrected chi connectivity index (χ0v) is 17.0. The van der Waals surface area contributed by atoms with Crippen LogP contribution in [0.25, 0.3) is 0 Å². The van der Waals surface area contributed by atoms with Crippen molar-refractivity contribution >= 4 is 29.2 Å². The number of benzene rings is 2. The van der Waals surface area contributed by atoms with Gasteiger partial charge >= 0.3 is 5.97 Å². The normalized spacial score (nSPS) is 15.8. The van der Waals surface area contributed by atoms with Crippen molar-refractivity contribution in [3.05, 3.63) is 59.9 Å². The maximum Gasteiger partial charge on any atom is 0.317 e. The van der Waals surface area contributed by atoms with Gasteiger partial charge in [0, 0.05) is 23.9 Å². The number of hydrogen-bond acceptors (Lipinski definition) is 4. The van der Waals surface area contributed by atoms with Crippen LogP contribution in [0.15, 0.2) is 48.5 Å². The highest BCUT2D eigenvalue weighted by molar-refractivity contribution is 5.96. The van der Waals surface area contributed by atoms with Crippen LogP contribution in [-0.2, 0) is 24.5 Å². The highest BCUT2D eigenvalue weighted by Crippen LogP contribution is 2.43. The van der Waals surface area contributed by atoms with Crippen LogP contribution >= 0.6 is 0 Å². The molecule has 0 unspecified atom stereocenters. The van der Waals surface area contributed by atoms with Gasteiger partial charge in [0.25, 0.3) is 5.91 Å². The van der Waals surface area contributed by atoms with Crippen molar-refractivity contribution in [1.29, 1.82) is 0 Å². The average Bonchev–Trinajstić information content (AvgIpc) is 3.20. The Bertz CT molecular complexity index is 936. The van der Waals surface area contributed by atoms with Gasteiger partial charge in [0.1, 0.15) is 5.82 Å². The van der Waals surface area contributed by atoms with E-state index in [-0.39, 0.29) is 5.91 Å². The number of nitrogens with one attached hydrogen (secondary N) is 2. The predicted molar refractivity (Wildman–Crippen MR) is 111 cm³/mol. The van der Waals surface area contributed by atoms with Crippen LogP contribution in [0.1, 0.15) is 45.1 Å². The monoisotopic (exact) mass is 412 g/mol. The second-order valence-corrected chi connectivity index (χ2v) is 7.56. The molecule has 0 bridgehead atoms. The van der Waals surface area contributed by atoms with Gasteiger partial charge in [-0.05, 0) is 50.1 Å². The summed E-state index contributed by atoms with van der Waals surface area (Å²) in [6, 6.07) is 12.8. The van der Waals surface area contributed by atoms with E-state index in [0.717, 1.165) is 12.8 Å². The lowest BCUT2D eigenvalue weighted by Gasteiger charge is -2.29. The minimum atomic E-state index is -1.06. The van der Waals surface area contributed by atoms with Gasteiger partial charge in [0.2, 0.25) is 5.91 Å². The summed E-state index contributed by atoms with van der Waals surface area (Å²) < 4.78 is 19.9. The Balaban J connectivity index is 1.67. The number of halogens is 1. The molecule has 0 radical (unpaired) electrons. The van der Waals surface area contributed by atoms with Gasteiger partial charge in [0.05, 0.1) is 5.41 Å². The Hall–Kier alpha value is -3.22. The van der Waals surface area contributed by atoms with Crippen molar-refractivity contribution in [2.24, 2.45) is 0 Å². The molecular weight excluding hydrogens is 387 g/mol. The molecule has 0 aromatic heterocycles. The van der Waals surface area contributed by atoms with E-state index in [2.05, 4.69) is 10.6 Å². The minimum Gasteiger partial charge on any atom is -0.452 e. The first-order valence-electron chi connectivity index (χ1n) is 9.96. The van der Waals surface area contributed by atoms with Crippen LogP contribution in [-0.4, -0.2) is 23.9 Å². The molecule has 158 valence electrons. The van der Waals surface area contributed by atoms with Crippen LogP contribution in [0.3, 0.4) is 0 Å². The van der Waals surface area contributed by atoms with E-state index in [0.29, 0.717) is 29.8 Å². The summed E-state index contributed by atoms with van der Waals surface area (Å²) in [5.41, 5.74) is 0.378.